The van der Waals surface area contributed by atoms with E-state index in [2.05, 4.69) is 10.4 Å². The normalized spacial score (nSPS) is 11.1. The number of hydrogen-bond donors (Lipinski definition) is 2. The standard InChI is InChI=1S/C10H9F3N2.C6H7FN2O2.C2H6/c1-6-3-7(5-14)8(10(11,12)13)4-9(6)15-2;7-5-1-8-9(2-5)3-6(11)4-10;1-2/h3-4,15H,1-2H3;1-2,4,6,11H,3H2;1-2H3/t;6-;/m.0./s1. The van der Waals surface area contributed by atoms with Gasteiger partial charge in [0.05, 0.1) is 36.1 Å². The molecule has 0 aliphatic heterocycles. The van der Waals surface area contributed by atoms with Crippen LogP contribution in [0.3, 0.4) is 0 Å². The number of hydrogen-bond acceptors (Lipinski definition) is 5. The second-order valence-electron chi connectivity index (χ2n) is 5.16. The summed E-state index contributed by atoms with van der Waals surface area (Å²) in [4.78, 5) is 9.93. The first-order chi connectivity index (χ1) is 13.1. The predicted molar refractivity (Wildman–Crippen MR) is 96.0 cm³/mol. The summed E-state index contributed by atoms with van der Waals surface area (Å²) in [6.45, 7) is 5.64. The van der Waals surface area contributed by atoms with Crippen molar-refractivity contribution in [2.24, 2.45) is 0 Å². The Morgan fingerprint density at radius 3 is 2.39 bits per heavy atom. The van der Waals surface area contributed by atoms with Gasteiger partial charge in [0.1, 0.15) is 12.4 Å². The van der Waals surface area contributed by atoms with E-state index in [0.29, 0.717) is 17.5 Å². The lowest BCUT2D eigenvalue weighted by atomic mass is 10.0. The summed E-state index contributed by atoms with van der Waals surface area (Å²) < 4.78 is 50.9. The van der Waals surface area contributed by atoms with Gasteiger partial charge < -0.3 is 15.2 Å². The molecule has 1 aromatic carbocycles. The Morgan fingerprint density at radius 1 is 1.39 bits per heavy atom. The van der Waals surface area contributed by atoms with Gasteiger partial charge in [-0.25, -0.2) is 4.39 Å². The number of aliphatic hydroxyl groups excluding tert-OH is 1. The molecule has 0 saturated heterocycles. The SMILES string of the molecule is CC.CNc1cc(C(F)(F)F)c(C#N)cc1C.O=C[C@@H](O)Cn1cc(F)cn1. The third kappa shape index (κ3) is 7.75. The van der Waals surface area contributed by atoms with Crippen molar-refractivity contribution in [1.82, 2.24) is 9.78 Å². The number of rotatable bonds is 4. The molecule has 0 fully saturated rings. The Kier molecular flexibility index (Phi) is 10.5. The van der Waals surface area contributed by atoms with Gasteiger partial charge in [-0.2, -0.15) is 23.5 Å². The second kappa shape index (κ2) is 11.7. The van der Waals surface area contributed by atoms with Gasteiger partial charge in [-0.05, 0) is 24.6 Å². The van der Waals surface area contributed by atoms with E-state index >= 15 is 0 Å². The average Bonchev–Trinajstić information content (AvgIpc) is 3.07. The summed E-state index contributed by atoms with van der Waals surface area (Å²) in [7, 11) is 1.54. The molecule has 0 bridgehead atoms. The van der Waals surface area contributed by atoms with Crippen molar-refractivity contribution >= 4 is 12.0 Å². The fraction of sp³-hybridized carbons (Fsp3) is 0.389. The minimum Gasteiger partial charge on any atom is -0.388 e. The third-order valence-electron chi connectivity index (χ3n) is 3.19. The van der Waals surface area contributed by atoms with Crippen LogP contribution in [-0.2, 0) is 17.5 Å². The number of halogens is 4. The van der Waals surface area contributed by atoms with Gasteiger partial charge in [0, 0.05) is 12.7 Å². The lowest BCUT2D eigenvalue weighted by Crippen LogP contribution is -2.17. The number of aryl methyl sites for hydroxylation is 1. The molecule has 0 amide bonds. The van der Waals surface area contributed by atoms with Crippen molar-refractivity contribution in [2.45, 2.75) is 39.6 Å². The fourth-order valence-electron chi connectivity index (χ4n) is 1.98. The Balaban J connectivity index is 0.000000497. The highest BCUT2D eigenvalue weighted by atomic mass is 19.4. The van der Waals surface area contributed by atoms with Gasteiger partial charge in [0.25, 0.3) is 0 Å². The van der Waals surface area contributed by atoms with Crippen LogP contribution in [0.4, 0.5) is 23.2 Å². The molecule has 154 valence electrons. The summed E-state index contributed by atoms with van der Waals surface area (Å²) in [5, 5.41) is 23.5. The molecular formula is C18H22F4N4O2. The monoisotopic (exact) mass is 402 g/mol. The molecular weight excluding hydrogens is 380 g/mol. The van der Waals surface area contributed by atoms with Crippen LogP contribution in [-0.4, -0.2) is 34.3 Å². The van der Waals surface area contributed by atoms with Crippen molar-refractivity contribution < 1.29 is 27.5 Å². The van der Waals surface area contributed by atoms with Gasteiger partial charge in [-0.3, -0.25) is 4.68 Å². The molecule has 10 heteroatoms. The van der Waals surface area contributed by atoms with Gasteiger partial charge in [-0.1, -0.05) is 13.8 Å². The molecule has 2 rings (SSSR count). The van der Waals surface area contributed by atoms with Crippen molar-refractivity contribution in [1.29, 1.82) is 5.26 Å². The predicted octanol–water partition coefficient (Wildman–Crippen LogP) is 3.54. The van der Waals surface area contributed by atoms with Crippen LogP contribution < -0.4 is 5.32 Å². The van der Waals surface area contributed by atoms with E-state index < -0.39 is 23.7 Å². The number of alkyl halides is 3. The first-order valence-corrected chi connectivity index (χ1v) is 8.23. The number of aromatic nitrogens is 2. The Labute approximate surface area is 160 Å². The highest BCUT2D eigenvalue weighted by molar-refractivity contribution is 5.58. The minimum atomic E-state index is -4.50. The lowest BCUT2D eigenvalue weighted by Gasteiger charge is -2.12. The maximum absolute atomic E-state index is 12.5. The number of nitrogens with zero attached hydrogens (tertiary/aromatic N) is 3. The molecule has 0 saturated carbocycles. The highest BCUT2D eigenvalue weighted by Gasteiger charge is 2.34. The zero-order valence-electron chi connectivity index (χ0n) is 15.9. The molecule has 0 spiro atoms. The molecule has 2 aromatic rings. The minimum absolute atomic E-state index is 0.00653. The van der Waals surface area contributed by atoms with E-state index in [-0.39, 0.29) is 12.1 Å². The van der Waals surface area contributed by atoms with Crippen molar-refractivity contribution in [2.75, 3.05) is 12.4 Å². The van der Waals surface area contributed by atoms with Gasteiger partial charge in [-0.15, -0.1) is 0 Å². The van der Waals surface area contributed by atoms with Crippen LogP contribution in [0.25, 0.3) is 0 Å². The molecule has 0 radical (unpaired) electrons. The van der Waals surface area contributed by atoms with E-state index in [9.17, 15) is 22.4 Å². The Morgan fingerprint density at radius 2 is 2.00 bits per heavy atom. The second-order valence-corrected chi connectivity index (χ2v) is 5.16. The summed E-state index contributed by atoms with van der Waals surface area (Å²) >= 11 is 0. The van der Waals surface area contributed by atoms with Crippen molar-refractivity contribution in [3.8, 4) is 6.07 Å². The largest absolute Gasteiger partial charge is 0.417 e. The third-order valence-corrected chi connectivity index (χ3v) is 3.19. The number of carbonyl (C=O) groups is 1. The van der Waals surface area contributed by atoms with Crippen LogP contribution >= 0.6 is 0 Å². The average molecular weight is 402 g/mol. The topological polar surface area (TPSA) is 90.9 Å². The van der Waals surface area contributed by atoms with E-state index in [0.717, 1.165) is 23.1 Å². The van der Waals surface area contributed by atoms with Crippen molar-refractivity contribution in [3.63, 3.8) is 0 Å². The highest BCUT2D eigenvalue weighted by Crippen LogP contribution is 2.34. The number of aldehydes is 1. The van der Waals surface area contributed by atoms with E-state index in [1.54, 1.807) is 13.0 Å². The van der Waals surface area contributed by atoms with E-state index in [1.807, 2.05) is 13.8 Å². The molecule has 6 nitrogen and oxygen atoms in total. The number of benzene rings is 1. The molecule has 0 aliphatic rings. The first kappa shape index (κ1) is 25.1. The summed E-state index contributed by atoms with van der Waals surface area (Å²) in [5.41, 5.74) is -0.262. The van der Waals surface area contributed by atoms with Gasteiger partial charge in [0.2, 0.25) is 0 Å². The number of nitriles is 1. The fourth-order valence-corrected chi connectivity index (χ4v) is 1.98. The van der Waals surface area contributed by atoms with Crippen LogP contribution in [0.5, 0.6) is 0 Å². The molecule has 1 atom stereocenters. The van der Waals surface area contributed by atoms with Crippen LogP contribution in [0.1, 0.15) is 30.5 Å². The summed E-state index contributed by atoms with van der Waals surface area (Å²) in [5.74, 6) is -0.483. The first-order valence-electron chi connectivity index (χ1n) is 8.23. The molecule has 1 aromatic heterocycles. The number of aliphatic hydroxyl groups is 1. The summed E-state index contributed by atoms with van der Waals surface area (Å²) in [6, 6.07) is 3.73. The molecule has 28 heavy (non-hydrogen) atoms. The van der Waals surface area contributed by atoms with E-state index in [1.165, 1.54) is 13.1 Å². The lowest BCUT2D eigenvalue weighted by molar-refractivity contribution is -0.137. The molecule has 0 aliphatic carbocycles. The number of anilines is 1. The zero-order valence-corrected chi connectivity index (χ0v) is 15.9. The van der Waals surface area contributed by atoms with Gasteiger partial charge in [0.15, 0.2) is 5.82 Å². The van der Waals surface area contributed by atoms with E-state index in [4.69, 9.17) is 10.4 Å². The van der Waals surface area contributed by atoms with Crippen LogP contribution in [0, 0.1) is 24.1 Å². The van der Waals surface area contributed by atoms with Crippen LogP contribution in [0.15, 0.2) is 24.5 Å². The van der Waals surface area contributed by atoms with Crippen molar-refractivity contribution in [3.05, 3.63) is 47.0 Å². The Hall–Kier alpha value is -2.93. The Bertz CT molecular complexity index is 798. The zero-order chi connectivity index (χ0) is 21.9. The van der Waals surface area contributed by atoms with Crippen LogP contribution in [0.2, 0.25) is 0 Å². The number of nitrogens with one attached hydrogen (secondary N) is 1. The molecule has 0 unspecified atom stereocenters. The quantitative estimate of drug-likeness (QED) is 0.603. The summed E-state index contributed by atoms with van der Waals surface area (Å²) in [6.07, 6.45) is -3.12. The molecule has 1 heterocycles. The smallest absolute Gasteiger partial charge is 0.388 e. The maximum atomic E-state index is 12.5. The molecule has 2 N–H and O–H groups in total. The maximum Gasteiger partial charge on any atom is 0.417 e. The number of carbonyl (C=O) groups excluding carboxylic acids is 1. The van der Waals surface area contributed by atoms with Gasteiger partial charge >= 0.3 is 6.18 Å².